The summed E-state index contributed by atoms with van der Waals surface area (Å²) in [5, 5.41) is 0. The molecule has 2 bridgehead atoms. The Balaban J connectivity index is 1.67. The molecule has 3 nitrogen and oxygen atoms in total. The summed E-state index contributed by atoms with van der Waals surface area (Å²) in [5.41, 5.74) is 7.56. The number of piperazine rings is 1. The second kappa shape index (κ2) is 5.00. The van der Waals surface area contributed by atoms with Crippen molar-refractivity contribution in [3.63, 3.8) is 0 Å². The van der Waals surface area contributed by atoms with Crippen molar-refractivity contribution in [1.29, 1.82) is 0 Å². The second-order valence-electron chi connectivity index (χ2n) is 5.88. The van der Waals surface area contributed by atoms with E-state index < -0.39 is 0 Å². The molecule has 0 saturated carbocycles. The van der Waals surface area contributed by atoms with Crippen LogP contribution < -0.4 is 5.73 Å². The van der Waals surface area contributed by atoms with Gasteiger partial charge in [0.1, 0.15) is 0 Å². The molecule has 2 heterocycles. The Morgan fingerprint density at radius 1 is 1.11 bits per heavy atom. The fourth-order valence-electron chi connectivity index (χ4n) is 3.47. The standard InChI is InChI=1S/C15H23N3/c1-17-14-7-13(16)8-15(17)11-18(10-14)9-12-5-3-2-4-6-12/h2-6,13-15H,7-11,16H2,1H3. The molecule has 1 aromatic rings. The third-order valence-corrected chi connectivity index (χ3v) is 4.49. The molecule has 3 heteroatoms. The predicted octanol–water partition coefficient (Wildman–Crippen LogP) is 1.29. The number of benzene rings is 1. The van der Waals surface area contributed by atoms with Crippen LogP contribution in [-0.2, 0) is 6.54 Å². The summed E-state index contributed by atoms with van der Waals surface area (Å²) >= 11 is 0. The van der Waals surface area contributed by atoms with Gasteiger partial charge in [-0.3, -0.25) is 9.80 Å². The van der Waals surface area contributed by atoms with Crippen molar-refractivity contribution in [1.82, 2.24) is 9.80 Å². The molecule has 0 spiro atoms. The molecule has 98 valence electrons. The minimum absolute atomic E-state index is 0.412. The number of rotatable bonds is 2. The summed E-state index contributed by atoms with van der Waals surface area (Å²) in [5.74, 6) is 0. The predicted molar refractivity (Wildman–Crippen MR) is 74.3 cm³/mol. The Hall–Kier alpha value is -0.900. The molecular formula is C15H23N3. The van der Waals surface area contributed by atoms with E-state index >= 15 is 0 Å². The maximum absolute atomic E-state index is 6.14. The molecule has 2 atom stereocenters. The first-order chi connectivity index (χ1) is 8.72. The molecule has 2 unspecified atom stereocenters. The minimum Gasteiger partial charge on any atom is -0.328 e. The van der Waals surface area contributed by atoms with E-state index in [1.165, 1.54) is 5.56 Å². The van der Waals surface area contributed by atoms with Gasteiger partial charge < -0.3 is 5.73 Å². The molecular weight excluding hydrogens is 222 g/mol. The molecule has 0 aromatic heterocycles. The normalized spacial score (nSPS) is 33.6. The molecule has 2 aliphatic rings. The van der Waals surface area contributed by atoms with E-state index in [4.69, 9.17) is 5.73 Å². The van der Waals surface area contributed by atoms with Crippen LogP contribution in [0.5, 0.6) is 0 Å². The highest BCUT2D eigenvalue weighted by molar-refractivity contribution is 5.15. The molecule has 2 N–H and O–H groups in total. The van der Waals surface area contributed by atoms with Gasteiger partial charge in [0.25, 0.3) is 0 Å². The zero-order valence-corrected chi connectivity index (χ0v) is 11.1. The molecule has 1 aromatic carbocycles. The molecule has 0 radical (unpaired) electrons. The monoisotopic (exact) mass is 245 g/mol. The van der Waals surface area contributed by atoms with Gasteiger partial charge in [0.05, 0.1) is 0 Å². The van der Waals surface area contributed by atoms with Gasteiger partial charge in [-0.15, -0.1) is 0 Å². The van der Waals surface area contributed by atoms with Crippen LogP contribution in [0.3, 0.4) is 0 Å². The van der Waals surface area contributed by atoms with Crippen molar-refractivity contribution >= 4 is 0 Å². The number of likely N-dealkylation sites (N-methyl/N-ethyl adjacent to an activating group) is 1. The lowest BCUT2D eigenvalue weighted by atomic mass is 9.88. The highest BCUT2D eigenvalue weighted by Gasteiger charge is 2.37. The number of fused-ring (bicyclic) bond motifs is 2. The third kappa shape index (κ3) is 2.44. The van der Waals surface area contributed by atoms with Crippen molar-refractivity contribution in [3.05, 3.63) is 35.9 Å². The Kier molecular flexibility index (Phi) is 3.37. The minimum atomic E-state index is 0.412. The van der Waals surface area contributed by atoms with Crippen molar-refractivity contribution in [2.24, 2.45) is 5.73 Å². The van der Waals surface area contributed by atoms with Gasteiger partial charge in [-0.1, -0.05) is 30.3 Å². The molecule has 2 saturated heterocycles. The van der Waals surface area contributed by atoms with Crippen LogP contribution in [0, 0.1) is 0 Å². The summed E-state index contributed by atoms with van der Waals surface area (Å²) in [6.07, 6.45) is 2.30. The van der Waals surface area contributed by atoms with Gasteiger partial charge in [-0.25, -0.2) is 0 Å². The third-order valence-electron chi connectivity index (χ3n) is 4.49. The summed E-state index contributed by atoms with van der Waals surface area (Å²) in [6.45, 7) is 3.40. The van der Waals surface area contributed by atoms with Crippen LogP contribution in [0.1, 0.15) is 18.4 Å². The first-order valence-corrected chi connectivity index (χ1v) is 6.96. The van der Waals surface area contributed by atoms with E-state index in [0.29, 0.717) is 18.1 Å². The van der Waals surface area contributed by atoms with Crippen molar-refractivity contribution in [3.8, 4) is 0 Å². The average molecular weight is 245 g/mol. The van der Waals surface area contributed by atoms with E-state index in [2.05, 4.69) is 47.2 Å². The van der Waals surface area contributed by atoms with Crippen molar-refractivity contribution < 1.29 is 0 Å². The van der Waals surface area contributed by atoms with E-state index in [0.717, 1.165) is 32.5 Å². The molecule has 2 aliphatic heterocycles. The average Bonchev–Trinajstić information content (AvgIpc) is 2.33. The quantitative estimate of drug-likeness (QED) is 0.852. The molecule has 2 fully saturated rings. The highest BCUT2D eigenvalue weighted by Crippen LogP contribution is 2.27. The smallest absolute Gasteiger partial charge is 0.0238 e. The molecule has 18 heavy (non-hydrogen) atoms. The Morgan fingerprint density at radius 2 is 1.72 bits per heavy atom. The van der Waals surface area contributed by atoms with Gasteiger partial charge in [-0.05, 0) is 25.5 Å². The highest BCUT2D eigenvalue weighted by atomic mass is 15.3. The topological polar surface area (TPSA) is 32.5 Å². The van der Waals surface area contributed by atoms with Crippen LogP contribution in [0.15, 0.2) is 30.3 Å². The fraction of sp³-hybridized carbons (Fsp3) is 0.600. The number of hydrogen-bond donors (Lipinski definition) is 1. The number of hydrogen-bond acceptors (Lipinski definition) is 3. The summed E-state index contributed by atoms with van der Waals surface area (Å²) < 4.78 is 0. The summed E-state index contributed by atoms with van der Waals surface area (Å²) in [4.78, 5) is 5.14. The van der Waals surface area contributed by atoms with Crippen LogP contribution >= 0.6 is 0 Å². The Labute approximate surface area is 110 Å². The largest absolute Gasteiger partial charge is 0.328 e. The lowest BCUT2D eigenvalue weighted by Crippen LogP contribution is -2.62. The molecule has 3 rings (SSSR count). The van der Waals surface area contributed by atoms with E-state index in [9.17, 15) is 0 Å². The number of nitrogens with zero attached hydrogens (tertiary/aromatic N) is 2. The van der Waals surface area contributed by atoms with E-state index in [-0.39, 0.29) is 0 Å². The fourth-order valence-corrected chi connectivity index (χ4v) is 3.47. The van der Waals surface area contributed by atoms with Gasteiger partial charge in [0, 0.05) is 37.8 Å². The second-order valence-corrected chi connectivity index (χ2v) is 5.88. The van der Waals surface area contributed by atoms with Gasteiger partial charge >= 0.3 is 0 Å². The Morgan fingerprint density at radius 3 is 2.33 bits per heavy atom. The van der Waals surface area contributed by atoms with E-state index in [1.807, 2.05) is 0 Å². The summed E-state index contributed by atoms with van der Waals surface area (Å²) in [6, 6.07) is 12.5. The number of piperidine rings is 1. The first kappa shape index (κ1) is 12.2. The maximum atomic E-state index is 6.14. The van der Waals surface area contributed by atoms with Gasteiger partial charge in [0.15, 0.2) is 0 Å². The van der Waals surface area contributed by atoms with Crippen LogP contribution in [0.4, 0.5) is 0 Å². The first-order valence-electron chi connectivity index (χ1n) is 6.96. The van der Waals surface area contributed by atoms with E-state index in [1.54, 1.807) is 0 Å². The van der Waals surface area contributed by atoms with Crippen LogP contribution in [0.25, 0.3) is 0 Å². The molecule has 0 aliphatic carbocycles. The lowest BCUT2D eigenvalue weighted by Gasteiger charge is -2.50. The Bertz CT molecular complexity index is 376. The van der Waals surface area contributed by atoms with Crippen molar-refractivity contribution in [2.75, 3.05) is 20.1 Å². The van der Waals surface area contributed by atoms with Gasteiger partial charge in [0.2, 0.25) is 0 Å². The zero-order valence-electron chi connectivity index (χ0n) is 11.1. The molecule has 0 amide bonds. The number of likely N-dealkylation sites (tertiary alicyclic amines) is 1. The van der Waals surface area contributed by atoms with Crippen LogP contribution in [0.2, 0.25) is 0 Å². The van der Waals surface area contributed by atoms with Gasteiger partial charge in [-0.2, -0.15) is 0 Å². The maximum Gasteiger partial charge on any atom is 0.0238 e. The summed E-state index contributed by atoms with van der Waals surface area (Å²) in [7, 11) is 2.26. The zero-order chi connectivity index (χ0) is 12.5. The van der Waals surface area contributed by atoms with Crippen molar-refractivity contribution in [2.45, 2.75) is 37.5 Å². The lowest BCUT2D eigenvalue weighted by molar-refractivity contribution is -0.000377. The van der Waals surface area contributed by atoms with Crippen LogP contribution in [-0.4, -0.2) is 48.1 Å². The number of nitrogens with two attached hydrogens (primary N) is 1. The SMILES string of the molecule is CN1C2CC(N)CC1CN(Cc1ccccc1)C2.